The van der Waals surface area contributed by atoms with Gasteiger partial charge in [-0.2, -0.15) is 4.31 Å². The molecule has 1 heterocycles. The fourth-order valence-electron chi connectivity index (χ4n) is 2.29. The minimum atomic E-state index is -3.08. The standard InChI is InChI=1S/C12H25N3O4S/c1-12(13,11(16)19-2)5-4-6-14-7-9-15(10-8-14)20(3,17)18/h4-10,13H2,1-3H3. The van der Waals surface area contributed by atoms with Crippen LogP contribution in [0, 0.1) is 0 Å². The first-order valence-electron chi connectivity index (χ1n) is 6.71. The smallest absolute Gasteiger partial charge is 0.325 e. The lowest BCUT2D eigenvalue weighted by Crippen LogP contribution is -2.49. The number of rotatable bonds is 6. The van der Waals surface area contributed by atoms with Gasteiger partial charge in [0.2, 0.25) is 10.0 Å². The van der Waals surface area contributed by atoms with Crippen LogP contribution >= 0.6 is 0 Å². The van der Waals surface area contributed by atoms with E-state index < -0.39 is 21.5 Å². The van der Waals surface area contributed by atoms with Crippen LogP contribution in [0.5, 0.6) is 0 Å². The summed E-state index contributed by atoms with van der Waals surface area (Å²) in [6.07, 6.45) is 2.56. The van der Waals surface area contributed by atoms with Crippen LogP contribution in [-0.2, 0) is 19.6 Å². The lowest BCUT2D eigenvalue weighted by Gasteiger charge is -2.33. The average Bonchev–Trinajstić information content (AvgIpc) is 2.37. The summed E-state index contributed by atoms with van der Waals surface area (Å²) in [4.78, 5) is 13.6. The number of ether oxygens (including phenoxy) is 1. The van der Waals surface area contributed by atoms with Crippen LogP contribution in [0.3, 0.4) is 0 Å². The highest BCUT2D eigenvalue weighted by Crippen LogP contribution is 2.13. The number of sulfonamides is 1. The molecule has 8 heteroatoms. The summed E-state index contributed by atoms with van der Waals surface area (Å²) in [5.74, 6) is -0.403. The number of piperazine rings is 1. The summed E-state index contributed by atoms with van der Waals surface area (Å²) in [5.41, 5.74) is 4.93. The van der Waals surface area contributed by atoms with E-state index in [-0.39, 0.29) is 0 Å². The van der Waals surface area contributed by atoms with Crippen LogP contribution in [0.15, 0.2) is 0 Å². The van der Waals surface area contributed by atoms with Crippen LogP contribution in [0.1, 0.15) is 19.8 Å². The molecule has 2 N–H and O–H groups in total. The number of carbonyl (C=O) groups is 1. The van der Waals surface area contributed by atoms with Gasteiger partial charge >= 0.3 is 5.97 Å². The van der Waals surface area contributed by atoms with E-state index in [1.54, 1.807) is 6.92 Å². The Balaban J connectivity index is 2.30. The van der Waals surface area contributed by atoms with E-state index in [0.29, 0.717) is 32.6 Å². The average molecular weight is 307 g/mol. The van der Waals surface area contributed by atoms with Gasteiger partial charge in [-0.1, -0.05) is 0 Å². The molecule has 0 spiro atoms. The molecule has 0 aromatic carbocycles. The van der Waals surface area contributed by atoms with Crippen molar-refractivity contribution in [2.24, 2.45) is 5.73 Å². The Hall–Kier alpha value is -0.700. The zero-order chi connectivity index (χ0) is 15.4. The van der Waals surface area contributed by atoms with Crippen molar-refractivity contribution in [1.29, 1.82) is 0 Å². The number of carbonyl (C=O) groups excluding carboxylic acids is 1. The summed E-state index contributed by atoms with van der Waals surface area (Å²) in [6.45, 7) is 4.95. The number of hydrogen-bond donors (Lipinski definition) is 1. The number of esters is 1. The second-order valence-corrected chi connectivity index (χ2v) is 7.50. The summed E-state index contributed by atoms with van der Waals surface area (Å²) >= 11 is 0. The fraction of sp³-hybridized carbons (Fsp3) is 0.917. The summed E-state index contributed by atoms with van der Waals surface area (Å²) in [6, 6.07) is 0. The molecule has 0 aromatic rings. The predicted octanol–water partition coefficient (Wildman–Crippen LogP) is -0.766. The zero-order valence-corrected chi connectivity index (χ0v) is 13.3. The molecule has 1 unspecified atom stereocenters. The van der Waals surface area contributed by atoms with Crippen LogP contribution in [0.2, 0.25) is 0 Å². The van der Waals surface area contributed by atoms with Gasteiger partial charge in [-0.05, 0) is 26.3 Å². The second kappa shape index (κ2) is 6.84. The minimum Gasteiger partial charge on any atom is -0.468 e. The topological polar surface area (TPSA) is 92.9 Å². The van der Waals surface area contributed by atoms with Crippen molar-refractivity contribution in [3.8, 4) is 0 Å². The van der Waals surface area contributed by atoms with Crippen LogP contribution < -0.4 is 5.73 Å². The van der Waals surface area contributed by atoms with E-state index in [9.17, 15) is 13.2 Å². The molecular formula is C12H25N3O4S. The monoisotopic (exact) mass is 307 g/mol. The minimum absolute atomic E-state index is 0.403. The molecule has 0 amide bonds. The summed E-state index contributed by atoms with van der Waals surface area (Å²) in [7, 11) is -1.75. The van der Waals surface area contributed by atoms with Gasteiger partial charge in [0.25, 0.3) is 0 Å². The Kier molecular flexibility index (Phi) is 5.93. The van der Waals surface area contributed by atoms with Crippen molar-refractivity contribution in [3.05, 3.63) is 0 Å². The maximum atomic E-state index is 11.4. The first-order valence-corrected chi connectivity index (χ1v) is 8.56. The number of methoxy groups -OCH3 is 1. The Bertz CT molecular complexity index is 428. The molecule has 0 saturated carbocycles. The molecule has 0 radical (unpaired) electrons. The molecule has 0 aromatic heterocycles. The first-order chi connectivity index (χ1) is 9.16. The maximum absolute atomic E-state index is 11.4. The normalized spacial score (nSPS) is 21.4. The molecule has 7 nitrogen and oxygen atoms in total. The quantitative estimate of drug-likeness (QED) is 0.648. The largest absolute Gasteiger partial charge is 0.468 e. The third-order valence-corrected chi connectivity index (χ3v) is 4.93. The molecule has 1 atom stereocenters. The highest BCUT2D eigenvalue weighted by atomic mass is 32.2. The summed E-state index contributed by atoms with van der Waals surface area (Å²) in [5, 5.41) is 0. The molecule has 1 aliphatic heterocycles. The molecule has 0 bridgehead atoms. The number of nitrogens with two attached hydrogens (primary N) is 1. The molecule has 1 rings (SSSR count). The van der Waals surface area contributed by atoms with Crippen LogP contribution in [-0.4, -0.2) is 75.2 Å². The van der Waals surface area contributed by atoms with Gasteiger partial charge in [0, 0.05) is 26.2 Å². The molecule has 1 aliphatic rings. The van der Waals surface area contributed by atoms with E-state index in [2.05, 4.69) is 9.64 Å². The van der Waals surface area contributed by atoms with Gasteiger partial charge in [-0.15, -0.1) is 0 Å². The van der Waals surface area contributed by atoms with Gasteiger partial charge in [-0.3, -0.25) is 4.79 Å². The van der Waals surface area contributed by atoms with E-state index >= 15 is 0 Å². The lowest BCUT2D eigenvalue weighted by atomic mass is 9.97. The summed E-state index contributed by atoms with van der Waals surface area (Å²) < 4.78 is 28.9. The molecular weight excluding hydrogens is 282 g/mol. The maximum Gasteiger partial charge on any atom is 0.325 e. The fourth-order valence-corrected chi connectivity index (χ4v) is 3.12. The molecule has 1 saturated heterocycles. The number of hydrogen-bond acceptors (Lipinski definition) is 6. The SMILES string of the molecule is COC(=O)C(C)(N)CCCN1CCN(S(C)(=O)=O)CC1. The van der Waals surface area contributed by atoms with Gasteiger partial charge in [-0.25, -0.2) is 8.42 Å². The van der Waals surface area contributed by atoms with Gasteiger partial charge in [0.05, 0.1) is 13.4 Å². The van der Waals surface area contributed by atoms with Gasteiger partial charge in [0.15, 0.2) is 0 Å². The second-order valence-electron chi connectivity index (χ2n) is 5.52. The molecule has 0 aliphatic carbocycles. The molecule has 20 heavy (non-hydrogen) atoms. The third kappa shape index (κ3) is 5.01. The van der Waals surface area contributed by atoms with Crippen molar-refractivity contribution < 1.29 is 17.9 Å². The Labute approximate surface area is 121 Å². The van der Waals surface area contributed by atoms with E-state index in [0.717, 1.165) is 13.0 Å². The van der Waals surface area contributed by atoms with Gasteiger partial charge < -0.3 is 15.4 Å². The Morgan fingerprint density at radius 2 is 1.85 bits per heavy atom. The zero-order valence-electron chi connectivity index (χ0n) is 12.5. The van der Waals surface area contributed by atoms with Crippen molar-refractivity contribution in [2.45, 2.75) is 25.3 Å². The van der Waals surface area contributed by atoms with E-state index in [1.807, 2.05) is 0 Å². The van der Waals surface area contributed by atoms with E-state index in [1.165, 1.54) is 17.7 Å². The highest BCUT2D eigenvalue weighted by Gasteiger charge is 2.29. The van der Waals surface area contributed by atoms with E-state index in [4.69, 9.17) is 5.73 Å². The van der Waals surface area contributed by atoms with Crippen molar-refractivity contribution in [1.82, 2.24) is 9.21 Å². The molecule has 1 fully saturated rings. The van der Waals surface area contributed by atoms with Crippen LogP contribution in [0.4, 0.5) is 0 Å². The Morgan fingerprint density at radius 3 is 2.30 bits per heavy atom. The van der Waals surface area contributed by atoms with Gasteiger partial charge in [0.1, 0.15) is 5.54 Å². The Morgan fingerprint density at radius 1 is 1.30 bits per heavy atom. The van der Waals surface area contributed by atoms with Crippen molar-refractivity contribution >= 4 is 16.0 Å². The van der Waals surface area contributed by atoms with Crippen LogP contribution in [0.25, 0.3) is 0 Å². The number of nitrogens with zero attached hydrogens (tertiary/aromatic N) is 2. The highest BCUT2D eigenvalue weighted by molar-refractivity contribution is 7.88. The third-order valence-electron chi connectivity index (χ3n) is 3.62. The first kappa shape index (κ1) is 17.4. The lowest BCUT2D eigenvalue weighted by molar-refractivity contribution is -0.146. The predicted molar refractivity (Wildman–Crippen MR) is 76.7 cm³/mol. The van der Waals surface area contributed by atoms with Crippen molar-refractivity contribution in [2.75, 3.05) is 46.1 Å². The van der Waals surface area contributed by atoms with Crippen molar-refractivity contribution in [3.63, 3.8) is 0 Å². The molecule has 118 valence electrons.